The van der Waals surface area contributed by atoms with Crippen LogP contribution in [-0.2, 0) is 0 Å². The summed E-state index contributed by atoms with van der Waals surface area (Å²) in [6.07, 6.45) is 1.55. The highest BCUT2D eigenvalue weighted by Gasteiger charge is 2.12. The highest BCUT2D eigenvalue weighted by molar-refractivity contribution is 7.99. The van der Waals surface area contributed by atoms with E-state index in [4.69, 9.17) is 4.42 Å². The Bertz CT molecular complexity index is 708. The number of oxazole rings is 1. The second-order valence-electron chi connectivity index (χ2n) is 4.23. The average molecular weight is 286 g/mol. The fourth-order valence-electron chi connectivity index (χ4n) is 1.86. The molecule has 6 heteroatoms. The first-order valence-corrected chi connectivity index (χ1v) is 7.18. The summed E-state index contributed by atoms with van der Waals surface area (Å²) in [5.74, 6) is 0.848. The van der Waals surface area contributed by atoms with Crippen LogP contribution in [-0.4, -0.2) is 21.5 Å². The maximum Gasteiger partial charge on any atom is 0.263 e. The molecule has 3 aromatic rings. The zero-order valence-electron chi connectivity index (χ0n) is 11.3. The Balaban J connectivity index is 1.92. The van der Waals surface area contributed by atoms with Crippen LogP contribution in [0.25, 0.3) is 11.1 Å². The third kappa shape index (κ3) is 2.46. The lowest BCUT2D eigenvalue weighted by Crippen LogP contribution is -2.03. The van der Waals surface area contributed by atoms with Gasteiger partial charge in [-0.3, -0.25) is 0 Å². The zero-order valence-corrected chi connectivity index (χ0v) is 12.1. The number of rotatable bonds is 4. The predicted molar refractivity (Wildman–Crippen MR) is 79.1 cm³/mol. The Morgan fingerprint density at radius 1 is 1.25 bits per heavy atom. The molecular formula is C14H14N4OS. The number of hydrogen-bond donors (Lipinski definition) is 1. The SMILES string of the molecule is CCNc1ncnc(Sc2nc3ccccc3o2)c1C. The standard InChI is InChI=1S/C14H14N4OS/c1-3-15-12-9(2)13(17-8-16-12)20-14-18-10-6-4-5-7-11(10)19-14/h4-8H,3H2,1-2H3,(H,15,16,17). The summed E-state index contributed by atoms with van der Waals surface area (Å²) in [4.78, 5) is 13.0. The lowest BCUT2D eigenvalue weighted by Gasteiger charge is -2.07. The smallest absolute Gasteiger partial charge is 0.263 e. The van der Waals surface area contributed by atoms with E-state index in [1.54, 1.807) is 6.33 Å². The number of fused-ring (bicyclic) bond motifs is 1. The van der Waals surface area contributed by atoms with Gasteiger partial charge in [0.25, 0.3) is 5.22 Å². The van der Waals surface area contributed by atoms with Crippen molar-refractivity contribution in [1.29, 1.82) is 0 Å². The van der Waals surface area contributed by atoms with Crippen LogP contribution in [0.2, 0.25) is 0 Å². The summed E-state index contributed by atoms with van der Waals surface area (Å²) in [5, 5.41) is 4.66. The Kier molecular flexibility index (Phi) is 3.56. The molecule has 1 N–H and O–H groups in total. The van der Waals surface area contributed by atoms with Gasteiger partial charge in [0, 0.05) is 12.1 Å². The third-order valence-corrected chi connectivity index (χ3v) is 3.79. The van der Waals surface area contributed by atoms with E-state index < -0.39 is 0 Å². The van der Waals surface area contributed by atoms with Crippen molar-refractivity contribution in [2.24, 2.45) is 0 Å². The minimum absolute atomic E-state index is 0.593. The number of nitrogens with one attached hydrogen (secondary N) is 1. The molecule has 0 aliphatic heterocycles. The highest BCUT2D eigenvalue weighted by atomic mass is 32.2. The maximum absolute atomic E-state index is 5.70. The van der Waals surface area contributed by atoms with Crippen LogP contribution in [0.1, 0.15) is 12.5 Å². The average Bonchev–Trinajstić information content (AvgIpc) is 2.86. The monoisotopic (exact) mass is 286 g/mol. The van der Waals surface area contributed by atoms with Crippen molar-refractivity contribution in [2.75, 3.05) is 11.9 Å². The molecule has 102 valence electrons. The predicted octanol–water partition coefficient (Wildman–Crippen LogP) is 3.51. The molecule has 0 amide bonds. The topological polar surface area (TPSA) is 63.8 Å². The minimum atomic E-state index is 0.593. The van der Waals surface area contributed by atoms with E-state index >= 15 is 0 Å². The van der Waals surface area contributed by atoms with Gasteiger partial charge in [0.05, 0.1) is 0 Å². The number of benzene rings is 1. The number of aromatic nitrogens is 3. The Labute approximate surface area is 120 Å². The quantitative estimate of drug-likeness (QED) is 0.740. The zero-order chi connectivity index (χ0) is 13.9. The van der Waals surface area contributed by atoms with Gasteiger partial charge in [0.2, 0.25) is 0 Å². The van der Waals surface area contributed by atoms with E-state index in [-0.39, 0.29) is 0 Å². The van der Waals surface area contributed by atoms with Crippen molar-refractivity contribution >= 4 is 28.7 Å². The molecule has 2 aromatic heterocycles. The summed E-state index contributed by atoms with van der Waals surface area (Å²) in [7, 11) is 0. The summed E-state index contributed by atoms with van der Waals surface area (Å²) in [6, 6.07) is 7.71. The fraction of sp³-hybridized carbons (Fsp3) is 0.214. The second kappa shape index (κ2) is 5.50. The van der Waals surface area contributed by atoms with Crippen LogP contribution in [0.4, 0.5) is 5.82 Å². The van der Waals surface area contributed by atoms with Gasteiger partial charge in [-0.15, -0.1) is 0 Å². The normalized spacial score (nSPS) is 10.9. The number of nitrogens with zero attached hydrogens (tertiary/aromatic N) is 3. The number of hydrogen-bond acceptors (Lipinski definition) is 6. The molecule has 0 saturated carbocycles. The summed E-state index contributed by atoms with van der Waals surface area (Å²) >= 11 is 1.41. The number of para-hydroxylation sites is 2. The molecule has 0 radical (unpaired) electrons. The molecule has 0 unspecified atom stereocenters. The molecule has 2 heterocycles. The Hall–Kier alpha value is -2.08. The summed E-state index contributed by atoms with van der Waals surface area (Å²) in [5.41, 5.74) is 2.64. The van der Waals surface area contributed by atoms with E-state index in [9.17, 15) is 0 Å². The van der Waals surface area contributed by atoms with Gasteiger partial charge < -0.3 is 9.73 Å². The van der Waals surface area contributed by atoms with Gasteiger partial charge in [-0.25, -0.2) is 15.0 Å². The molecule has 0 fully saturated rings. The van der Waals surface area contributed by atoms with Gasteiger partial charge in [-0.1, -0.05) is 12.1 Å². The van der Waals surface area contributed by atoms with Gasteiger partial charge in [-0.05, 0) is 37.7 Å². The molecular weight excluding hydrogens is 272 g/mol. The van der Waals surface area contributed by atoms with Crippen LogP contribution in [0.15, 0.2) is 45.3 Å². The molecule has 0 aliphatic carbocycles. The van der Waals surface area contributed by atoms with E-state index in [2.05, 4.69) is 20.3 Å². The van der Waals surface area contributed by atoms with Crippen molar-refractivity contribution in [1.82, 2.24) is 15.0 Å². The largest absolute Gasteiger partial charge is 0.431 e. The molecule has 0 bridgehead atoms. The van der Waals surface area contributed by atoms with Gasteiger partial charge in [-0.2, -0.15) is 0 Å². The van der Waals surface area contributed by atoms with E-state index in [1.165, 1.54) is 11.8 Å². The molecule has 20 heavy (non-hydrogen) atoms. The first-order chi connectivity index (χ1) is 9.78. The third-order valence-electron chi connectivity index (χ3n) is 2.84. The fourth-order valence-corrected chi connectivity index (χ4v) is 2.65. The van der Waals surface area contributed by atoms with Crippen LogP contribution in [0.5, 0.6) is 0 Å². The van der Waals surface area contributed by atoms with E-state index in [0.717, 1.165) is 34.1 Å². The molecule has 1 aromatic carbocycles. The van der Waals surface area contributed by atoms with Crippen LogP contribution < -0.4 is 5.32 Å². The van der Waals surface area contributed by atoms with Crippen LogP contribution >= 0.6 is 11.8 Å². The Morgan fingerprint density at radius 3 is 2.90 bits per heavy atom. The second-order valence-corrected chi connectivity index (χ2v) is 5.17. The van der Waals surface area contributed by atoms with Crippen molar-refractivity contribution in [3.63, 3.8) is 0 Å². The molecule has 0 spiro atoms. The summed E-state index contributed by atoms with van der Waals surface area (Å²) < 4.78 is 5.70. The van der Waals surface area contributed by atoms with Gasteiger partial charge in [0.15, 0.2) is 5.58 Å². The van der Waals surface area contributed by atoms with Gasteiger partial charge >= 0.3 is 0 Å². The first kappa shape index (κ1) is 12.9. The van der Waals surface area contributed by atoms with Crippen molar-refractivity contribution < 1.29 is 4.42 Å². The lowest BCUT2D eigenvalue weighted by atomic mass is 10.3. The highest BCUT2D eigenvalue weighted by Crippen LogP contribution is 2.31. The minimum Gasteiger partial charge on any atom is -0.431 e. The van der Waals surface area contributed by atoms with Crippen molar-refractivity contribution in [3.05, 3.63) is 36.2 Å². The molecule has 0 aliphatic rings. The number of anilines is 1. The van der Waals surface area contributed by atoms with Crippen molar-refractivity contribution in [2.45, 2.75) is 24.1 Å². The lowest BCUT2D eigenvalue weighted by molar-refractivity contribution is 0.489. The van der Waals surface area contributed by atoms with Gasteiger partial charge in [0.1, 0.15) is 22.7 Å². The molecule has 3 rings (SSSR count). The molecule has 0 saturated heterocycles. The first-order valence-electron chi connectivity index (χ1n) is 6.37. The maximum atomic E-state index is 5.70. The molecule has 0 atom stereocenters. The van der Waals surface area contributed by atoms with E-state index in [1.807, 2.05) is 38.1 Å². The summed E-state index contributed by atoms with van der Waals surface area (Å²) in [6.45, 7) is 4.85. The van der Waals surface area contributed by atoms with E-state index in [0.29, 0.717) is 5.22 Å². The Morgan fingerprint density at radius 2 is 2.10 bits per heavy atom. The van der Waals surface area contributed by atoms with Crippen molar-refractivity contribution in [3.8, 4) is 0 Å². The van der Waals surface area contributed by atoms with Crippen LogP contribution in [0, 0.1) is 6.92 Å². The molecule has 5 nitrogen and oxygen atoms in total. The van der Waals surface area contributed by atoms with Crippen LogP contribution in [0.3, 0.4) is 0 Å².